The second-order valence-corrected chi connectivity index (χ2v) is 5.21. The number of hydrogen-bond donors (Lipinski definition) is 0. The third-order valence-electron chi connectivity index (χ3n) is 2.42. The lowest BCUT2D eigenvalue weighted by atomic mass is 10.2. The molecule has 2 heterocycles. The predicted molar refractivity (Wildman–Crippen MR) is 38.1 cm³/mol. The molecule has 2 aliphatic rings. The molecule has 0 aromatic rings. The van der Waals surface area contributed by atoms with Gasteiger partial charge in [0, 0.05) is 13.1 Å². The van der Waals surface area contributed by atoms with E-state index in [0.29, 0.717) is 0 Å². The lowest BCUT2D eigenvalue weighted by molar-refractivity contribution is 0.429. The molecular weight excluding hydrogens is 150 g/mol. The summed E-state index contributed by atoms with van der Waals surface area (Å²) in [6.07, 6.45) is 2.81. The van der Waals surface area contributed by atoms with Crippen molar-refractivity contribution in [2.75, 3.05) is 13.1 Å². The zero-order chi connectivity index (χ0) is 7.19. The largest absolute Gasteiger partial charge is 0.217 e. The van der Waals surface area contributed by atoms with E-state index in [9.17, 15) is 8.42 Å². The second kappa shape index (κ2) is 1.95. The van der Waals surface area contributed by atoms with Gasteiger partial charge in [-0.15, -0.1) is 0 Å². The molecule has 2 atom stereocenters. The zero-order valence-electron chi connectivity index (χ0n) is 5.78. The highest BCUT2D eigenvalue weighted by Crippen LogP contribution is 2.29. The molecule has 0 aromatic carbocycles. The maximum absolute atomic E-state index is 11.3. The van der Waals surface area contributed by atoms with Crippen LogP contribution in [0, 0.1) is 0 Å². The number of fused-ring (bicyclic) bond motifs is 2. The molecule has 3 nitrogen and oxygen atoms in total. The van der Waals surface area contributed by atoms with E-state index < -0.39 is 10.0 Å². The summed E-state index contributed by atoms with van der Waals surface area (Å²) < 4.78 is 24.2. The van der Waals surface area contributed by atoms with Crippen molar-refractivity contribution in [1.82, 2.24) is 4.31 Å². The van der Waals surface area contributed by atoms with Crippen molar-refractivity contribution in [1.29, 1.82) is 0 Å². The third kappa shape index (κ3) is 0.720. The molecule has 58 valence electrons. The van der Waals surface area contributed by atoms with E-state index in [4.69, 9.17) is 0 Å². The Morgan fingerprint density at radius 1 is 1.20 bits per heavy atom. The van der Waals surface area contributed by atoms with Crippen LogP contribution in [-0.4, -0.2) is 31.1 Å². The lowest BCUT2D eigenvalue weighted by Crippen LogP contribution is -2.34. The van der Waals surface area contributed by atoms with Crippen LogP contribution in [-0.2, 0) is 10.0 Å². The van der Waals surface area contributed by atoms with Crippen molar-refractivity contribution < 1.29 is 8.42 Å². The van der Waals surface area contributed by atoms with Crippen LogP contribution in [0.4, 0.5) is 0 Å². The fraction of sp³-hybridized carbons (Fsp3) is 1.00. The van der Waals surface area contributed by atoms with Gasteiger partial charge >= 0.3 is 0 Å². The molecule has 2 fully saturated rings. The van der Waals surface area contributed by atoms with Gasteiger partial charge in [0.25, 0.3) is 0 Å². The van der Waals surface area contributed by atoms with Crippen LogP contribution >= 0.6 is 0 Å². The molecule has 2 saturated heterocycles. The van der Waals surface area contributed by atoms with E-state index in [2.05, 4.69) is 0 Å². The van der Waals surface area contributed by atoms with Gasteiger partial charge in [-0.2, -0.15) is 0 Å². The molecular formula is C6H11NO2S. The standard InChI is InChI=1S/C6H11NO2S/c8-10(9)6-2-1-4-7(10)5-3-6/h6H,1-5H2. The Hall–Kier alpha value is -0.0900. The zero-order valence-corrected chi connectivity index (χ0v) is 6.60. The van der Waals surface area contributed by atoms with Gasteiger partial charge in [0.15, 0.2) is 0 Å². The number of rotatable bonds is 0. The molecule has 2 unspecified atom stereocenters. The highest BCUT2D eigenvalue weighted by molar-refractivity contribution is 7.90. The second-order valence-electron chi connectivity index (χ2n) is 3.00. The Morgan fingerprint density at radius 2 is 2.00 bits per heavy atom. The molecule has 0 N–H and O–H groups in total. The first-order valence-corrected chi connectivity index (χ1v) is 5.20. The molecule has 0 aliphatic carbocycles. The van der Waals surface area contributed by atoms with Crippen LogP contribution < -0.4 is 0 Å². The van der Waals surface area contributed by atoms with Gasteiger partial charge in [0.05, 0.1) is 5.25 Å². The molecule has 0 amide bonds. The molecule has 0 saturated carbocycles. The molecule has 2 bridgehead atoms. The van der Waals surface area contributed by atoms with Crippen molar-refractivity contribution >= 4 is 10.0 Å². The fourth-order valence-corrected chi connectivity index (χ4v) is 3.84. The summed E-state index contributed by atoms with van der Waals surface area (Å²) in [5, 5.41) is -0.0266. The van der Waals surface area contributed by atoms with Crippen LogP contribution in [0.1, 0.15) is 19.3 Å². The first kappa shape index (κ1) is 6.61. The monoisotopic (exact) mass is 161 g/mol. The molecule has 4 heteroatoms. The van der Waals surface area contributed by atoms with Crippen LogP contribution in [0.3, 0.4) is 0 Å². The van der Waals surface area contributed by atoms with Crippen molar-refractivity contribution in [3.8, 4) is 0 Å². The summed E-state index contributed by atoms with van der Waals surface area (Å²) in [5.74, 6) is 0. The predicted octanol–water partition coefficient (Wildman–Crippen LogP) is 0.184. The maximum atomic E-state index is 11.3. The molecule has 0 spiro atoms. The number of nitrogens with zero attached hydrogens (tertiary/aromatic N) is 1. The molecule has 10 heavy (non-hydrogen) atoms. The van der Waals surface area contributed by atoms with Crippen LogP contribution in [0.5, 0.6) is 0 Å². The Bertz CT molecular complexity index is 212. The van der Waals surface area contributed by atoms with E-state index in [1.54, 1.807) is 4.31 Å². The quantitative estimate of drug-likeness (QED) is 0.508. The topological polar surface area (TPSA) is 37.4 Å². The first-order chi connectivity index (χ1) is 4.71. The average Bonchev–Trinajstić information content (AvgIpc) is 2.17. The Balaban J connectivity index is 2.39. The SMILES string of the molecule is O=S1(=O)C2CCCN1CC2. The Labute approximate surface area is 61.1 Å². The van der Waals surface area contributed by atoms with E-state index in [-0.39, 0.29) is 5.25 Å². The molecule has 2 rings (SSSR count). The van der Waals surface area contributed by atoms with Gasteiger partial charge in [0.1, 0.15) is 0 Å². The van der Waals surface area contributed by atoms with Crippen LogP contribution in [0.2, 0.25) is 0 Å². The first-order valence-electron chi connectivity index (χ1n) is 3.70. The minimum atomic E-state index is -2.80. The fourth-order valence-electron chi connectivity index (χ4n) is 1.80. The molecule has 0 aromatic heterocycles. The minimum absolute atomic E-state index is 0.0266. The summed E-state index contributed by atoms with van der Waals surface area (Å²) in [4.78, 5) is 0. The van der Waals surface area contributed by atoms with Gasteiger partial charge in [-0.1, -0.05) is 0 Å². The van der Waals surface area contributed by atoms with Gasteiger partial charge in [-0.05, 0) is 19.3 Å². The summed E-state index contributed by atoms with van der Waals surface area (Å²) >= 11 is 0. The van der Waals surface area contributed by atoms with E-state index >= 15 is 0 Å². The average molecular weight is 161 g/mol. The van der Waals surface area contributed by atoms with E-state index in [1.807, 2.05) is 0 Å². The lowest BCUT2D eigenvalue weighted by Gasteiger charge is -2.21. The van der Waals surface area contributed by atoms with Gasteiger partial charge in [-0.3, -0.25) is 0 Å². The molecule has 0 radical (unpaired) electrons. The maximum Gasteiger partial charge on any atom is 0.217 e. The summed E-state index contributed by atoms with van der Waals surface area (Å²) in [6.45, 7) is 1.53. The van der Waals surface area contributed by atoms with Gasteiger partial charge in [-0.25, -0.2) is 12.7 Å². The third-order valence-corrected chi connectivity index (χ3v) is 4.81. The van der Waals surface area contributed by atoms with Crippen molar-refractivity contribution in [2.45, 2.75) is 24.5 Å². The molecule has 2 aliphatic heterocycles. The van der Waals surface area contributed by atoms with Crippen molar-refractivity contribution in [3.63, 3.8) is 0 Å². The van der Waals surface area contributed by atoms with Crippen LogP contribution in [0.15, 0.2) is 0 Å². The summed E-state index contributed by atoms with van der Waals surface area (Å²) in [5.41, 5.74) is 0. The van der Waals surface area contributed by atoms with E-state index in [0.717, 1.165) is 32.4 Å². The number of hydrogen-bond acceptors (Lipinski definition) is 2. The van der Waals surface area contributed by atoms with Gasteiger partial charge in [0.2, 0.25) is 10.0 Å². The van der Waals surface area contributed by atoms with Gasteiger partial charge < -0.3 is 0 Å². The minimum Gasteiger partial charge on any atom is -0.212 e. The van der Waals surface area contributed by atoms with Crippen molar-refractivity contribution in [2.24, 2.45) is 0 Å². The Kier molecular flexibility index (Phi) is 1.29. The number of sulfonamides is 1. The Morgan fingerprint density at radius 3 is 2.60 bits per heavy atom. The highest BCUT2D eigenvalue weighted by atomic mass is 32.2. The highest BCUT2D eigenvalue weighted by Gasteiger charge is 2.41. The summed E-state index contributed by atoms with van der Waals surface area (Å²) in [7, 11) is -2.80. The van der Waals surface area contributed by atoms with Crippen LogP contribution in [0.25, 0.3) is 0 Å². The smallest absolute Gasteiger partial charge is 0.212 e. The van der Waals surface area contributed by atoms with Crippen molar-refractivity contribution in [3.05, 3.63) is 0 Å². The normalized spacial score (nSPS) is 43.6. The van der Waals surface area contributed by atoms with E-state index in [1.165, 1.54) is 0 Å². The summed E-state index contributed by atoms with van der Waals surface area (Å²) in [6, 6.07) is 0.